The molecule has 3 rings (SSSR count). The molecule has 0 bridgehead atoms. The second kappa shape index (κ2) is 7.12. The van der Waals surface area contributed by atoms with Gasteiger partial charge in [0.05, 0.1) is 11.9 Å². The Morgan fingerprint density at radius 3 is 2.17 bits per heavy atom. The number of aromatic nitrogens is 1. The van der Waals surface area contributed by atoms with Gasteiger partial charge in [-0.1, -0.05) is 0 Å². The zero-order valence-corrected chi connectivity index (χ0v) is 13.6. The summed E-state index contributed by atoms with van der Waals surface area (Å²) in [6.45, 7) is 3.12. The van der Waals surface area contributed by atoms with Crippen molar-refractivity contribution in [2.24, 2.45) is 0 Å². The molecule has 6 heteroatoms. The molecule has 6 nitrogen and oxygen atoms in total. The molecule has 0 unspecified atom stereocenters. The predicted molar refractivity (Wildman–Crippen MR) is 93.4 cm³/mol. The summed E-state index contributed by atoms with van der Waals surface area (Å²) in [5.74, 6) is -0.100. The van der Waals surface area contributed by atoms with Crippen molar-refractivity contribution in [3.8, 4) is 0 Å². The average Bonchev–Trinajstić information content (AvgIpc) is 3.11. The number of likely N-dealkylation sites (tertiary alicyclic amines) is 1. The molecule has 1 aliphatic heterocycles. The quantitative estimate of drug-likeness (QED) is 0.906. The van der Waals surface area contributed by atoms with Gasteiger partial charge in [0.1, 0.15) is 5.69 Å². The highest BCUT2D eigenvalue weighted by Gasteiger charge is 2.20. The molecule has 2 N–H and O–H groups in total. The molecule has 0 atom stereocenters. The van der Waals surface area contributed by atoms with Crippen LogP contribution >= 0.6 is 0 Å². The third kappa shape index (κ3) is 3.90. The van der Waals surface area contributed by atoms with E-state index in [1.807, 2.05) is 35.2 Å². The molecule has 1 aliphatic rings. The van der Waals surface area contributed by atoms with E-state index in [-0.39, 0.29) is 11.8 Å². The van der Waals surface area contributed by atoms with Crippen molar-refractivity contribution >= 4 is 28.9 Å². The van der Waals surface area contributed by atoms with E-state index in [9.17, 15) is 9.59 Å². The van der Waals surface area contributed by atoms with Crippen molar-refractivity contribution < 1.29 is 9.59 Å². The first-order valence-electron chi connectivity index (χ1n) is 8.02. The first-order chi connectivity index (χ1) is 11.6. The Labute approximate surface area is 140 Å². The topological polar surface area (TPSA) is 74.3 Å². The Balaban J connectivity index is 1.63. The molecule has 2 amide bonds. The van der Waals surface area contributed by atoms with Crippen LogP contribution in [0.25, 0.3) is 0 Å². The summed E-state index contributed by atoms with van der Waals surface area (Å²) in [5.41, 5.74) is 2.91. The second-order valence-corrected chi connectivity index (χ2v) is 5.81. The van der Waals surface area contributed by atoms with Gasteiger partial charge in [0, 0.05) is 31.4 Å². The highest BCUT2D eigenvalue weighted by atomic mass is 16.2. The van der Waals surface area contributed by atoms with Gasteiger partial charge < -0.3 is 15.5 Å². The molecule has 0 saturated carbocycles. The lowest BCUT2D eigenvalue weighted by Crippen LogP contribution is -2.28. The monoisotopic (exact) mass is 324 g/mol. The smallest absolute Gasteiger partial charge is 0.272 e. The summed E-state index contributed by atoms with van der Waals surface area (Å²) in [6.07, 6.45) is 3.80. The Kier molecular flexibility index (Phi) is 4.74. The fourth-order valence-electron chi connectivity index (χ4n) is 2.68. The van der Waals surface area contributed by atoms with Gasteiger partial charge in [0.2, 0.25) is 5.91 Å². The summed E-state index contributed by atoms with van der Waals surface area (Å²) in [4.78, 5) is 29.4. The van der Waals surface area contributed by atoms with E-state index in [2.05, 4.69) is 15.6 Å². The van der Waals surface area contributed by atoms with E-state index < -0.39 is 0 Å². The summed E-state index contributed by atoms with van der Waals surface area (Å²) < 4.78 is 0. The fourth-order valence-corrected chi connectivity index (χ4v) is 2.68. The molecular weight excluding hydrogens is 304 g/mol. The van der Waals surface area contributed by atoms with E-state index in [0.29, 0.717) is 5.69 Å². The molecule has 0 radical (unpaired) electrons. The molecule has 24 heavy (non-hydrogen) atoms. The third-order valence-electron chi connectivity index (χ3n) is 3.87. The van der Waals surface area contributed by atoms with Crippen molar-refractivity contribution in [2.75, 3.05) is 23.7 Å². The Bertz CT molecular complexity index is 720. The van der Waals surface area contributed by atoms with E-state index in [1.165, 1.54) is 6.92 Å². The molecule has 1 aromatic heterocycles. The minimum Gasteiger partial charge on any atom is -0.354 e. The van der Waals surface area contributed by atoms with Gasteiger partial charge in [0.15, 0.2) is 0 Å². The number of carbonyl (C=O) groups is 2. The maximum absolute atomic E-state index is 12.3. The minimum atomic E-state index is -0.0989. The van der Waals surface area contributed by atoms with Crippen LogP contribution in [0.4, 0.5) is 17.1 Å². The lowest BCUT2D eigenvalue weighted by molar-refractivity contribution is -0.114. The molecule has 1 fully saturated rings. The lowest BCUT2D eigenvalue weighted by Gasteiger charge is -2.14. The van der Waals surface area contributed by atoms with Gasteiger partial charge in [-0.2, -0.15) is 0 Å². The van der Waals surface area contributed by atoms with Gasteiger partial charge in [0.25, 0.3) is 5.91 Å². The fraction of sp³-hybridized carbons (Fsp3) is 0.278. The highest BCUT2D eigenvalue weighted by molar-refractivity contribution is 5.92. The standard InChI is InChI=1S/C18H20N4O2/c1-13(23)20-14-4-6-15(7-5-14)21-16-8-9-17(19-12-16)18(24)22-10-2-3-11-22/h4-9,12,21H,2-3,10-11H2,1H3,(H,20,23). The number of carbonyl (C=O) groups excluding carboxylic acids is 2. The number of amides is 2. The molecule has 0 spiro atoms. The lowest BCUT2D eigenvalue weighted by atomic mass is 10.2. The zero-order valence-electron chi connectivity index (χ0n) is 13.6. The van der Waals surface area contributed by atoms with Gasteiger partial charge in [-0.05, 0) is 49.2 Å². The van der Waals surface area contributed by atoms with Crippen molar-refractivity contribution in [1.29, 1.82) is 0 Å². The number of hydrogen-bond acceptors (Lipinski definition) is 4. The van der Waals surface area contributed by atoms with Gasteiger partial charge in [-0.3, -0.25) is 9.59 Å². The van der Waals surface area contributed by atoms with Crippen LogP contribution in [0.5, 0.6) is 0 Å². The first kappa shape index (κ1) is 16.0. The number of rotatable bonds is 4. The van der Waals surface area contributed by atoms with E-state index in [4.69, 9.17) is 0 Å². The normalized spacial score (nSPS) is 13.6. The van der Waals surface area contributed by atoms with Crippen LogP contribution in [0.2, 0.25) is 0 Å². The molecule has 1 saturated heterocycles. The largest absolute Gasteiger partial charge is 0.354 e. The SMILES string of the molecule is CC(=O)Nc1ccc(Nc2ccc(C(=O)N3CCCC3)nc2)cc1. The third-order valence-corrected chi connectivity index (χ3v) is 3.87. The summed E-state index contributed by atoms with van der Waals surface area (Å²) in [7, 11) is 0. The second-order valence-electron chi connectivity index (χ2n) is 5.81. The summed E-state index contributed by atoms with van der Waals surface area (Å²) in [6, 6.07) is 11.0. The van der Waals surface area contributed by atoms with Crippen molar-refractivity contribution in [3.05, 3.63) is 48.3 Å². The summed E-state index contributed by atoms with van der Waals surface area (Å²) in [5, 5.41) is 5.94. The number of nitrogens with one attached hydrogen (secondary N) is 2. The molecular formula is C18H20N4O2. The maximum atomic E-state index is 12.3. The Morgan fingerprint density at radius 1 is 0.958 bits per heavy atom. The first-order valence-corrected chi connectivity index (χ1v) is 8.02. The van der Waals surface area contributed by atoms with Crippen molar-refractivity contribution in [2.45, 2.75) is 19.8 Å². The van der Waals surface area contributed by atoms with Crippen LogP contribution in [-0.2, 0) is 4.79 Å². The average molecular weight is 324 g/mol. The molecule has 124 valence electrons. The Hall–Kier alpha value is -2.89. The van der Waals surface area contributed by atoms with E-state index in [1.54, 1.807) is 12.3 Å². The minimum absolute atomic E-state index is 0.00119. The van der Waals surface area contributed by atoms with Crippen molar-refractivity contribution in [1.82, 2.24) is 9.88 Å². The van der Waals surface area contributed by atoms with Crippen LogP contribution in [0.15, 0.2) is 42.6 Å². The summed E-state index contributed by atoms with van der Waals surface area (Å²) >= 11 is 0. The van der Waals surface area contributed by atoms with Crippen LogP contribution in [-0.4, -0.2) is 34.8 Å². The zero-order chi connectivity index (χ0) is 16.9. The van der Waals surface area contributed by atoms with Gasteiger partial charge in [-0.15, -0.1) is 0 Å². The predicted octanol–water partition coefficient (Wildman–Crippen LogP) is 3.02. The Morgan fingerprint density at radius 2 is 1.58 bits per heavy atom. The highest BCUT2D eigenvalue weighted by Crippen LogP contribution is 2.19. The van der Waals surface area contributed by atoms with Crippen LogP contribution in [0.1, 0.15) is 30.3 Å². The van der Waals surface area contributed by atoms with Crippen LogP contribution in [0.3, 0.4) is 0 Å². The van der Waals surface area contributed by atoms with Crippen LogP contribution < -0.4 is 10.6 Å². The number of hydrogen-bond donors (Lipinski definition) is 2. The molecule has 0 aliphatic carbocycles. The number of nitrogens with zero attached hydrogens (tertiary/aromatic N) is 2. The van der Waals surface area contributed by atoms with E-state index >= 15 is 0 Å². The number of pyridine rings is 1. The maximum Gasteiger partial charge on any atom is 0.272 e. The van der Waals surface area contributed by atoms with Crippen LogP contribution in [0, 0.1) is 0 Å². The van der Waals surface area contributed by atoms with Gasteiger partial charge in [-0.25, -0.2) is 4.98 Å². The molecule has 2 heterocycles. The van der Waals surface area contributed by atoms with Gasteiger partial charge >= 0.3 is 0 Å². The molecule has 2 aromatic rings. The molecule has 1 aromatic carbocycles. The number of anilines is 3. The van der Waals surface area contributed by atoms with E-state index in [0.717, 1.165) is 43.0 Å². The van der Waals surface area contributed by atoms with Crippen molar-refractivity contribution in [3.63, 3.8) is 0 Å². The number of benzene rings is 1.